The van der Waals surface area contributed by atoms with Crippen LogP contribution in [-0.4, -0.2) is 15.0 Å². The normalized spacial score (nSPS) is 12.2. The fourth-order valence-corrected chi connectivity index (χ4v) is 1.60. The number of aryl methyl sites for hydroxylation is 1. The number of hydrogen-bond donors (Lipinski definition) is 1. The fourth-order valence-electron chi connectivity index (χ4n) is 1.50. The number of pyridine rings is 1. The minimum Gasteiger partial charge on any atom is -0.376 e. The smallest absolute Gasteiger partial charge is 0.132 e. The molecule has 1 atom stereocenters. The fraction of sp³-hybridized carbons (Fsp3) is 0.250. The summed E-state index contributed by atoms with van der Waals surface area (Å²) in [5, 5.41) is 3.83. The average molecular weight is 249 g/mol. The first kappa shape index (κ1) is 11.8. The molecule has 1 N–H and O–H groups in total. The molecule has 0 aromatic carbocycles. The van der Waals surface area contributed by atoms with Crippen LogP contribution in [0.1, 0.15) is 24.2 Å². The maximum atomic E-state index is 5.87. The molecule has 88 valence electrons. The Morgan fingerprint density at radius 3 is 2.71 bits per heavy atom. The van der Waals surface area contributed by atoms with Crippen molar-refractivity contribution in [3.05, 3.63) is 47.3 Å². The highest BCUT2D eigenvalue weighted by Gasteiger charge is 2.07. The Bertz CT molecular complexity index is 501. The predicted molar refractivity (Wildman–Crippen MR) is 68.1 cm³/mol. The molecule has 0 aliphatic heterocycles. The van der Waals surface area contributed by atoms with Gasteiger partial charge in [0.1, 0.15) is 5.15 Å². The Labute approximate surface area is 105 Å². The van der Waals surface area contributed by atoms with Gasteiger partial charge in [0.25, 0.3) is 0 Å². The second-order valence-electron chi connectivity index (χ2n) is 3.83. The van der Waals surface area contributed by atoms with E-state index in [0.717, 1.165) is 16.9 Å². The van der Waals surface area contributed by atoms with E-state index in [1.807, 2.05) is 19.9 Å². The monoisotopic (exact) mass is 248 g/mol. The van der Waals surface area contributed by atoms with Crippen molar-refractivity contribution < 1.29 is 0 Å². The van der Waals surface area contributed by atoms with Gasteiger partial charge in [0.2, 0.25) is 0 Å². The summed E-state index contributed by atoms with van der Waals surface area (Å²) in [4.78, 5) is 12.4. The Morgan fingerprint density at radius 2 is 2.06 bits per heavy atom. The summed E-state index contributed by atoms with van der Waals surface area (Å²) in [6.07, 6.45) is 6.79. The van der Waals surface area contributed by atoms with Crippen LogP contribution in [0.4, 0.5) is 5.69 Å². The SMILES string of the molecule is Cc1cc(NC(C)c2cnccn2)cnc1Cl. The molecule has 2 aromatic rings. The molecule has 1 unspecified atom stereocenters. The van der Waals surface area contributed by atoms with Gasteiger partial charge in [-0.2, -0.15) is 0 Å². The van der Waals surface area contributed by atoms with Crippen LogP contribution in [0.2, 0.25) is 5.15 Å². The van der Waals surface area contributed by atoms with Crippen molar-refractivity contribution >= 4 is 17.3 Å². The zero-order valence-corrected chi connectivity index (χ0v) is 10.4. The molecule has 0 aliphatic carbocycles. The first-order valence-corrected chi connectivity index (χ1v) is 5.69. The molecular formula is C12H13ClN4. The van der Waals surface area contributed by atoms with E-state index >= 15 is 0 Å². The second-order valence-corrected chi connectivity index (χ2v) is 4.19. The van der Waals surface area contributed by atoms with Gasteiger partial charge in [0.05, 0.1) is 29.8 Å². The number of rotatable bonds is 3. The van der Waals surface area contributed by atoms with Gasteiger partial charge in [0, 0.05) is 12.4 Å². The van der Waals surface area contributed by atoms with Crippen LogP contribution in [0.3, 0.4) is 0 Å². The van der Waals surface area contributed by atoms with E-state index in [4.69, 9.17) is 11.6 Å². The Morgan fingerprint density at radius 1 is 1.24 bits per heavy atom. The molecule has 0 bridgehead atoms. The van der Waals surface area contributed by atoms with E-state index in [0.29, 0.717) is 5.15 Å². The zero-order valence-electron chi connectivity index (χ0n) is 9.68. The lowest BCUT2D eigenvalue weighted by Crippen LogP contribution is -2.09. The lowest BCUT2D eigenvalue weighted by molar-refractivity contribution is 0.826. The van der Waals surface area contributed by atoms with E-state index < -0.39 is 0 Å². The van der Waals surface area contributed by atoms with Crippen LogP contribution in [0, 0.1) is 6.92 Å². The van der Waals surface area contributed by atoms with Gasteiger partial charge < -0.3 is 5.32 Å². The number of halogens is 1. The number of nitrogens with zero attached hydrogens (tertiary/aromatic N) is 3. The van der Waals surface area contributed by atoms with E-state index in [1.54, 1.807) is 24.8 Å². The molecule has 2 aromatic heterocycles. The Hall–Kier alpha value is -1.68. The van der Waals surface area contributed by atoms with Crippen LogP contribution >= 0.6 is 11.6 Å². The molecule has 0 saturated carbocycles. The molecule has 0 aliphatic rings. The molecule has 0 fully saturated rings. The molecule has 0 amide bonds. The topological polar surface area (TPSA) is 50.7 Å². The summed E-state index contributed by atoms with van der Waals surface area (Å²) < 4.78 is 0. The summed E-state index contributed by atoms with van der Waals surface area (Å²) in [5.74, 6) is 0. The van der Waals surface area contributed by atoms with Crippen molar-refractivity contribution in [2.45, 2.75) is 19.9 Å². The van der Waals surface area contributed by atoms with Crippen LogP contribution in [0.25, 0.3) is 0 Å². The summed E-state index contributed by atoms with van der Waals surface area (Å²) in [7, 11) is 0. The highest BCUT2D eigenvalue weighted by molar-refractivity contribution is 6.30. The summed E-state index contributed by atoms with van der Waals surface area (Å²) in [5.41, 5.74) is 2.76. The molecule has 2 heterocycles. The number of anilines is 1. The zero-order chi connectivity index (χ0) is 12.3. The van der Waals surface area contributed by atoms with Crippen LogP contribution in [0.15, 0.2) is 30.9 Å². The van der Waals surface area contributed by atoms with E-state index in [1.165, 1.54) is 0 Å². The molecule has 0 radical (unpaired) electrons. The quantitative estimate of drug-likeness (QED) is 0.849. The number of aromatic nitrogens is 3. The summed E-state index contributed by atoms with van der Waals surface area (Å²) in [6, 6.07) is 2.04. The molecule has 2 rings (SSSR count). The predicted octanol–water partition coefficient (Wildman–Crippen LogP) is 3.01. The number of hydrogen-bond acceptors (Lipinski definition) is 4. The minimum absolute atomic E-state index is 0.0751. The summed E-state index contributed by atoms with van der Waals surface area (Å²) >= 11 is 5.87. The van der Waals surface area contributed by atoms with Crippen molar-refractivity contribution in [2.75, 3.05) is 5.32 Å². The van der Waals surface area contributed by atoms with Crippen molar-refractivity contribution in [2.24, 2.45) is 0 Å². The third kappa shape index (κ3) is 2.91. The van der Waals surface area contributed by atoms with E-state index in [-0.39, 0.29) is 6.04 Å². The van der Waals surface area contributed by atoms with Crippen LogP contribution in [0.5, 0.6) is 0 Å². The van der Waals surface area contributed by atoms with Gasteiger partial charge in [-0.05, 0) is 25.5 Å². The molecule has 4 nitrogen and oxygen atoms in total. The Kier molecular flexibility index (Phi) is 3.54. The van der Waals surface area contributed by atoms with E-state index in [2.05, 4.69) is 20.3 Å². The van der Waals surface area contributed by atoms with Gasteiger partial charge in [0.15, 0.2) is 0 Å². The summed E-state index contributed by atoms with van der Waals surface area (Å²) in [6.45, 7) is 3.95. The van der Waals surface area contributed by atoms with Gasteiger partial charge in [-0.3, -0.25) is 9.97 Å². The molecule has 0 spiro atoms. The highest BCUT2D eigenvalue weighted by atomic mass is 35.5. The van der Waals surface area contributed by atoms with Crippen LogP contribution in [-0.2, 0) is 0 Å². The number of nitrogens with one attached hydrogen (secondary N) is 1. The maximum Gasteiger partial charge on any atom is 0.132 e. The Balaban J connectivity index is 2.13. The van der Waals surface area contributed by atoms with Gasteiger partial charge >= 0.3 is 0 Å². The molecule has 5 heteroatoms. The second kappa shape index (κ2) is 5.10. The first-order chi connectivity index (χ1) is 8.16. The van der Waals surface area contributed by atoms with Crippen molar-refractivity contribution in [1.82, 2.24) is 15.0 Å². The molecular weight excluding hydrogens is 236 g/mol. The average Bonchev–Trinajstić information content (AvgIpc) is 2.35. The first-order valence-electron chi connectivity index (χ1n) is 5.31. The van der Waals surface area contributed by atoms with Gasteiger partial charge in [-0.15, -0.1) is 0 Å². The third-order valence-corrected chi connectivity index (χ3v) is 2.82. The molecule has 0 saturated heterocycles. The van der Waals surface area contributed by atoms with Crippen molar-refractivity contribution in [1.29, 1.82) is 0 Å². The maximum absolute atomic E-state index is 5.87. The van der Waals surface area contributed by atoms with Gasteiger partial charge in [-0.1, -0.05) is 11.6 Å². The van der Waals surface area contributed by atoms with E-state index in [9.17, 15) is 0 Å². The van der Waals surface area contributed by atoms with Crippen LogP contribution < -0.4 is 5.32 Å². The van der Waals surface area contributed by atoms with Gasteiger partial charge in [-0.25, -0.2) is 4.98 Å². The molecule has 17 heavy (non-hydrogen) atoms. The lowest BCUT2D eigenvalue weighted by Gasteiger charge is -2.14. The van der Waals surface area contributed by atoms with Crippen molar-refractivity contribution in [3.8, 4) is 0 Å². The van der Waals surface area contributed by atoms with Crippen molar-refractivity contribution in [3.63, 3.8) is 0 Å². The minimum atomic E-state index is 0.0751. The highest BCUT2D eigenvalue weighted by Crippen LogP contribution is 2.20. The largest absolute Gasteiger partial charge is 0.376 e. The third-order valence-electron chi connectivity index (χ3n) is 2.42. The lowest BCUT2D eigenvalue weighted by atomic mass is 10.2. The standard InChI is InChI=1S/C12H13ClN4/c1-8-5-10(6-16-12(8)13)17-9(2)11-7-14-3-4-15-11/h3-7,9,17H,1-2H3.